The highest BCUT2D eigenvalue weighted by molar-refractivity contribution is 5.03. The van der Waals surface area contributed by atoms with Gasteiger partial charge >= 0.3 is 0 Å². The van der Waals surface area contributed by atoms with E-state index in [0.29, 0.717) is 12.1 Å². The molecule has 0 aromatic carbocycles. The summed E-state index contributed by atoms with van der Waals surface area (Å²) in [5, 5.41) is 3.94. The Morgan fingerprint density at radius 3 is 2.65 bits per heavy atom. The fraction of sp³-hybridized carbons (Fsp3) is 0.769. The molecule has 0 aliphatic heterocycles. The summed E-state index contributed by atoms with van der Waals surface area (Å²) in [6.45, 7) is 6.09. The van der Waals surface area contributed by atoms with Gasteiger partial charge in [-0.25, -0.2) is 0 Å². The number of hydrogen-bond acceptors (Lipinski definition) is 4. The number of aryl methyl sites for hydroxylation is 1. The van der Waals surface area contributed by atoms with E-state index in [4.69, 9.17) is 10.3 Å². The van der Waals surface area contributed by atoms with Crippen molar-refractivity contribution in [3.05, 3.63) is 17.5 Å². The number of rotatable bonds is 4. The molecular formula is C13H23N3O. The fourth-order valence-corrected chi connectivity index (χ4v) is 2.66. The first kappa shape index (κ1) is 12.6. The molecule has 0 spiro atoms. The SMILES string of the molecule is CCN(Cc1cc(C)no1)C1CCC(N)CC1. The lowest BCUT2D eigenvalue weighted by Gasteiger charge is -2.34. The van der Waals surface area contributed by atoms with Crippen molar-refractivity contribution in [1.29, 1.82) is 0 Å². The molecule has 96 valence electrons. The summed E-state index contributed by atoms with van der Waals surface area (Å²) in [5.74, 6) is 0.972. The van der Waals surface area contributed by atoms with Crippen LogP contribution in [-0.2, 0) is 6.54 Å². The second kappa shape index (κ2) is 5.65. The summed E-state index contributed by atoms with van der Waals surface area (Å²) in [4.78, 5) is 2.48. The van der Waals surface area contributed by atoms with Crippen molar-refractivity contribution in [3.63, 3.8) is 0 Å². The van der Waals surface area contributed by atoms with Crippen LogP contribution in [0.1, 0.15) is 44.1 Å². The van der Waals surface area contributed by atoms with Crippen LogP contribution in [0.15, 0.2) is 10.6 Å². The van der Waals surface area contributed by atoms with Gasteiger partial charge in [-0.3, -0.25) is 4.90 Å². The molecule has 1 fully saturated rings. The molecule has 1 aromatic heterocycles. The lowest BCUT2D eigenvalue weighted by molar-refractivity contribution is 0.136. The highest BCUT2D eigenvalue weighted by atomic mass is 16.5. The standard InChI is InChI=1S/C13H23N3O/c1-3-16(9-13-8-10(2)15-17-13)12-6-4-11(14)5-7-12/h8,11-12H,3-7,9,14H2,1-2H3. The average Bonchev–Trinajstić information content (AvgIpc) is 2.73. The largest absolute Gasteiger partial charge is 0.360 e. The summed E-state index contributed by atoms with van der Waals surface area (Å²) in [7, 11) is 0. The third-order valence-electron chi connectivity index (χ3n) is 3.70. The van der Waals surface area contributed by atoms with Crippen LogP contribution in [0, 0.1) is 6.92 Å². The van der Waals surface area contributed by atoms with Gasteiger partial charge < -0.3 is 10.3 Å². The molecule has 1 heterocycles. The minimum atomic E-state index is 0.414. The Kier molecular flexibility index (Phi) is 4.18. The van der Waals surface area contributed by atoms with Gasteiger partial charge in [-0.1, -0.05) is 12.1 Å². The molecule has 1 aromatic rings. The number of hydrogen-bond donors (Lipinski definition) is 1. The van der Waals surface area contributed by atoms with Crippen molar-refractivity contribution in [2.75, 3.05) is 6.54 Å². The van der Waals surface area contributed by atoms with Gasteiger partial charge in [0.1, 0.15) is 0 Å². The van der Waals surface area contributed by atoms with Crippen LogP contribution in [0.4, 0.5) is 0 Å². The lowest BCUT2D eigenvalue weighted by Crippen LogP contribution is -2.40. The Bertz CT molecular complexity index is 342. The molecule has 0 saturated heterocycles. The summed E-state index contributed by atoms with van der Waals surface area (Å²) in [5.41, 5.74) is 6.91. The van der Waals surface area contributed by atoms with E-state index >= 15 is 0 Å². The summed E-state index contributed by atoms with van der Waals surface area (Å²) in [6, 6.07) is 3.10. The molecule has 4 nitrogen and oxygen atoms in total. The summed E-state index contributed by atoms with van der Waals surface area (Å²) >= 11 is 0. The van der Waals surface area contributed by atoms with Crippen molar-refractivity contribution < 1.29 is 4.52 Å². The van der Waals surface area contributed by atoms with Gasteiger partial charge in [0.2, 0.25) is 0 Å². The van der Waals surface area contributed by atoms with E-state index in [-0.39, 0.29) is 0 Å². The monoisotopic (exact) mass is 237 g/mol. The van der Waals surface area contributed by atoms with E-state index in [1.54, 1.807) is 0 Å². The Hall–Kier alpha value is -0.870. The number of nitrogens with two attached hydrogens (primary N) is 1. The van der Waals surface area contributed by atoms with Crippen molar-refractivity contribution in [2.24, 2.45) is 5.73 Å². The lowest BCUT2D eigenvalue weighted by atomic mass is 9.90. The van der Waals surface area contributed by atoms with Crippen LogP contribution >= 0.6 is 0 Å². The molecule has 0 bridgehead atoms. The van der Waals surface area contributed by atoms with Crippen LogP contribution < -0.4 is 5.73 Å². The Morgan fingerprint density at radius 2 is 2.12 bits per heavy atom. The quantitative estimate of drug-likeness (QED) is 0.871. The molecule has 1 aliphatic rings. The second-order valence-corrected chi connectivity index (χ2v) is 5.07. The van der Waals surface area contributed by atoms with Gasteiger partial charge in [0.15, 0.2) is 5.76 Å². The van der Waals surface area contributed by atoms with Crippen LogP contribution in [0.2, 0.25) is 0 Å². The fourth-order valence-electron chi connectivity index (χ4n) is 2.66. The molecule has 0 atom stereocenters. The molecule has 17 heavy (non-hydrogen) atoms. The van der Waals surface area contributed by atoms with Crippen LogP contribution in [0.3, 0.4) is 0 Å². The molecule has 0 radical (unpaired) electrons. The third kappa shape index (κ3) is 3.30. The Balaban J connectivity index is 1.92. The van der Waals surface area contributed by atoms with E-state index in [0.717, 1.165) is 37.4 Å². The molecule has 1 saturated carbocycles. The average molecular weight is 237 g/mol. The normalized spacial score (nSPS) is 25.4. The van der Waals surface area contributed by atoms with E-state index in [1.165, 1.54) is 12.8 Å². The van der Waals surface area contributed by atoms with Gasteiger partial charge in [-0.15, -0.1) is 0 Å². The van der Waals surface area contributed by atoms with Crippen LogP contribution in [0.5, 0.6) is 0 Å². The minimum absolute atomic E-state index is 0.414. The van der Waals surface area contributed by atoms with Gasteiger partial charge in [0, 0.05) is 18.2 Å². The first-order valence-electron chi connectivity index (χ1n) is 6.61. The van der Waals surface area contributed by atoms with Gasteiger partial charge in [0.25, 0.3) is 0 Å². The first-order chi connectivity index (χ1) is 8.19. The molecular weight excluding hydrogens is 214 g/mol. The summed E-state index contributed by atoms with van der Waals surface area (Å²) in [6.07, 6.45) is 4.72. The van der Waals surface area contributed by atoms with E-state index in [2.05, 4.69) is 17.0 Å². The van der Waals surface area contributed by atoms with E-state index in [1.807, 2.05) is 13.0 Å². The molecule has 0 unspecified atom stereocenters. The van der Waals surface area contributed by atoms with Crippen molar-refractivity contribution >= 4 is 0 Å². The van der Waals surface area contributed by atoms with E-state index < -0.39 is 0 Å². The Labute approximate surface area is 103 Å². The second-order valence-electron chi connectivity index (χ2n) is 5.07. The maximum Gasteiger partial charge on any atom is 0.150 e. The smallest absolute Gasteiger partial charge is 0.150 e. The zero-order valence-electron chi connectivity index (χ0n) is 10.9. The minimum Gasteiger partial charge on any atom is -0.360 e. The van der Waals surface area contributed by atoms with Crippen LogP contribution in [-0.4, -0.2) is 28.7 Å². The van der Waals surface area contributed by atoms with Gasteiger partial charge in [-0.05, 0) is 39.2 Å². The molecule has 4 heteroatoms. The molecule has 2 N–H and O–H groups in total. The maximum absolute atomic E-state index is 5.95. The highest BCUT2D eigenvalue weighted by Crippen LogP contribution is 2.23. The number of aromatic nitrogens is 1. The third-order valence-corrected chi connectivity index (χ3v) is 3.70. The van der Waals surface area contributed by atoms with Crippen LogP contribution in [0.25, 0.3) is 0 Å². The predicted molar refractivity (Wildman–Crippen MR) is 67.6 cm³/mol. The highest BCUT2D eigenvalue weighted by Gasteiger charge is 2.24. The molecule has 0 amide bonds. The van der Waals surface area contributed by atoms with E-state index in [9.17, 15) is 0 Å². The molecule has 1 aliphatic carbocycles. The topological polar surface area (TPSA) is 55.3 Å². The zero-order valence-corrected chi connectivity index (χ0v) is 10.9. The van der Waals surface area contributed by atoms with Gasteiger partial charge in [0.05, 0.1) is 12.2 Å². The summed E-state index contributed by atoms with van der Waals surface area (Å²) < 4.78 is 5.29. The van der Waals surface area contributed by atoms with Crippen molar-refractivity contribution in [2.45, 2.75) is 58.2 Å². The predicted octanol–water partition coefficient (Wildman–Crippen LogP) is 2.07. The van der Waals surface area contributed by atoms with Crippen molar-refractivity contribution in [3.8, 4) is 0 Å². The maximum atomic E-state index is 5.95. The molecule has 2 rings (SSSR count). The zero-order chi connectivity index (χ0) is 12.3. The van der Waals surface area contributed by atoms with Crippen molar-refractivity contribution in [1.82, 2.24) is 10.1 Å². The Morgan fingerprint density at radius 1 is 1.41 bits per heavy atom. The van der Waals surface area contributed by atoms with Gasteiger partial charge in [-0.2, -0.15) is 0 Å². The first-order valence-corrected chi connectivity index (χ1v) is 6.61. The number of nitrogens with zero attached hydrogens (tertiary/aromatic N) is 2.